The fourth-order valence-corrected chi connectivity index (χ4v) is 7.15. The second kappa shape index (κ2) is 9.82. The number of fused-ring (bicyclic) bond motifs is 1. The predicted octanol–water partition coefficient (Wildman–Crippen LogP) is 4.06. The van der Waals surface area contributed by atoms with Crippen molar-refractivity contribution in [1.82, 2.24) is 19.4 Å². The van der Waals surface area contributed by atoms with E-state index < -0.39 is 43.8 Å². The Hall–Kier alpha value is -3.80. The zero-order chi connectivity index (χ0) is 27.1. The molecule has 1 aliphatic rings. The molecule has 10 nitrogen and oxygen atoms in total. The summed E-state index contributed by atoms with van der Waals surface area (Å²) in [5.41, 5.74) is 2.28. The van der Waals surface area contributed by atoms with Gasteiger partial charge in [0.1, 0.15) is 16.9 Å². The summed E-state index contributed by atoms with van der Waals surface area (Å²) in [6.07, 6.45) is -0.118. The van der Waals surface area contributed by atoms with Crippen LogP contribution in [0, 0.1) is 17.1 Å². The number of para-hydroxylation sites is 2. The van der Waals surface area contributed by atoms with E-state index in [0.29, 0.717) is 28.0 Å². The molecule has 4 aromatic rings. The second-order valence-electron chi connectivity index (χ2n) is 8.82. The summed E-state index contributed by atoms with van der Waals surface area (Å²) in [5, 5.41) is 8.80. The van der Waals surface area contributed by atoms with Crippen molar-refractivity contribution in [1.29, 1.82) is 5.26 Å². The van der Waals surface area contributed by atoms with Gasteiger partial charge in [-0.1, -0.05) is 30.3 Å². The number of H-pyrrole nitrogens is 1. The van der Waals surface area contributed by atoms with Crippen molar-refractivity contribution < 1.29 is 26.7 Å². The third-order valence-corrected chi connectivity index (χ3v) is 9.41. The van der Waals surface area contributed by atoms with Gasteiger partial charge in [-0.25, -0.2) is 22.5 Å². The molecular formula is C25H22FN5O5S2. The zero-order valence-electron chi connectivity index (χ0n) is 19.6. The topological polar surface area (TPSA) is 168 Å². The molecule has 38 heavy (non-hydrogen) atoms. The monoisotopic (exact) mass is 555 g/mol. The van der Waals surface area contributed by atoms with E-state index in [4.69, 9.17) is 0 Å². The molecule has 5 rings (SSSR count). The minimum Gasteiger partial charge on any atom is -0.341 e. The van der Waals surface area contributed by atoms with Crippen LogP contribution in [-0.2, 0) is 21.2 Å². The maximum absolute atomic E-state index is 13.8. The molecular weight excluding hydrogens is 533 g/mol. The van der Waals surface area contributed by atoms with E-state index >= 15 is 0 Å². The lowest BCUT2D eigenvalue weighted by atomic mass is 9.97. The molecule has 196 valence electrons. The van der Waals surface area contributed by atoms with Crippen LogP contribution in [0.1, 0.15) is 40.2 Å². The number of imidazole rings is 1. The largest absolute Gasteiger partial charge is 0.341 e. The van der Waals surface area contributed by atoms with Crippen LogP contribution >= 0.6 is 10.8 Å². The highest BCUT2D eigenvalue weighted by Gasteiger charge is 2.39. The molecule has 1 saturated heterocycles. The average molecular weight is 556 g/mol. The number of rotatable bonds is 7. The molecule has 1 unspecified atom stereocenters. The van der Waals surface area contributed by atoms with Crippen molar-refractivity contribution in [3.05, 3.63) is 95.1 Å². The van der Waals surface area contributed by atoms with Gasteiger partial charge in [-0.15, -0.1) is 10.8 Å². The Labute approximate surface area is 219 Å². The molecule has 5 N–H and O–H groups in total. The third-order valence-electron chi connectivity index (χ3n) is 6.20. The quantitative estimate of drug-likeness (QED) is 0.229. The molecule has 1 fully saturated rings. The number of carbonyl (C=O) groups is 1. The molecule has 0 bridgehead atoms. The van der Waals surface area contributed by atoms with Gasteiger partial charge in [0.05, 0.1) is 40.0 Å². The van der Waals surface area contributed by atoms with E-state index in [9.17, 15) is 32.0 Å². The van der Waals surface area contributed by atoms with E-state index in [1.54, 1.807) is 30.3 Å². The molecule has 13 heteroatoms. The molecule has 1 aliphatic heterocycles. The number of aromatic amines is 1. The van der Waals surface area contributed by atoms with E-state index in [-0.39, 0.29) is 23.3 Å². The number of nitrogens with one attached hydrogen (secondary N) is 3. The zero-order valence-corrected chi connectivity index (χ0v) is 21.3. The van der Waals surface area contributed by atoms with Gasteiger partial charge in [-0.05, 0) is 53.9 Å². The van der Waals surface area contributed by atoms with Crippen molar-refractivity contribution in [3.63, 3.8) is 0 Å². The number of amides is 1. The van der Waals surface area contributed by atoms with Gasteiger partial charge >= 0.3 is 0 Å². The van der Waals surface area contributed by atoms with Crippen molar-refractivity contribution in [2.24, 2.45) is 0 Å². The van der Waals surface area contributed by atoms with Gasteiger partial charge in [0.15, 0.2) is 0 Å². The van der Waals surface area contributed by atoms with Crippen molar-refractivity contribution in [2.75, 3.05) is 0 Å². The van der Waals surface area contributed by atoms with Crippen LogP contribution in [0.15, 0.2) is 71.6 Å². The third kappa shape index (κ3) is 5.13. The number of carbonyl (C=O) groups excluding carboxylic acids is 1. The van der Waals surface area contributed by atoms with Gasteiger partial charge in [0, 0.05) is 0 Å². The van der Waals surface area contributed by atoms with E-state index in [2.05, 4.69) is 19.4 Å². The molecule has 1 aromatic heterocycles. The lowest BCUT2D eigenvalue weighted by Gasteiger charge is -2.33. The summed E-state index contributed by atoms with van der Waals surface area (Å²) in [4.78, 5) is 19.2. The summed E-state index contributed by atoms with van der Waals surface area (Å²) >= 11 is 0. The standard InChI is InChI=1S/C25H22FN5O5S2/c26-17-4-3-5-18(12-17)37(33,34)30-22(25-28-20-6-1-2-7-21(20)29-25)11-15-8-9-19(16(10-15)14-27)23-13-24(32)31-38(23,35)36/h1-10,12,22-23,30,35-36H,11,13H2,(H,28,29)(H,31,32)/t22-,23?/m0/s1. The Balaban J connectivity index is 1.51. The number of hydrogen-bond acceptors (Lipinski definition) is 7. The smallest absolute Gasteiger partial charge is 0.241 e. The first-order chi connectivity index (χ1) is 18.1. The van der Waals surface area contributed by atoms with E-state index in [1.165, 1.54) is 24.3 Å². The highest BCUT2D eigenvalue weighted by molar-refractivity contribution is 8.23. The van der Waals surface area contributed by atoms with Gasteiger partial charge in [-0.3, -0.25) is 18.6 Å². The first kappa shape index (κ1) is 25.8. The number of aromatic nitrogens is 2. The normalized spacial score (nSPS) is 18.6. The lowest BCUT2D eigenvalue weighted by Crippen LogP contribution is -2.31. The van der Waals surface area contributed by atoms with Gasteiger partial charge in [0.25, 0.3) is 0 Å². The van der Waals surface area contributed by atoms with E-state index in [1.807, 2.05) is 6.07 Å². The minimum atomic E-state index is -4.17. The summed E-state index contributed by atoms with van der Waals surface area (Å²) in [5.74, 6) is -0.915. The Morgan fingerprint density at radius 1 is 1.16 bits per heavy atom. The van der Waals surface area contributed by atoms with Crippen molar-refractivity contribution >= 4 is 37.7 Å². The molecule has 2 heterocycles. The van der Waals surface area contributed by atoms with Crippen LogP contribution in [0.3, 0.4) is 0 Å². The lowest BCUT2D eigenvalue weighted by molar-refractivity contribution is -0.118. The Morgan fingerprint density at radius 3 is 2.63 bits per heavy atom. The summed E-state index contributed by atoms with van der Waals surface area (Å²) in [6, 6.07) is 17.6. The fraction of sp³-hybridized carbons (Fsp3) is 0.160. The molecule has 0 aliphatic carbocycles. The van der Waals surface area contributed by atoms with Crippen LogP contribution < -0.4 is 9.44 Å². The first-order valence-corrected chi connectivity index (χ1v) is 14.5. The Kier molecular flexibility index (Phi) is 6.68. The van der Waals surface area contributed by atoms with Crippen molar-refractivity contribution in [2.45, 2.75) is 29.0 Å². The predicted molar refractivity (Wildman–Crippen MR) is 139 cm³/mol. The Morgan fingerprint density at radius 2 is 1.95 bits per heavy atom. The van der Waals surface area contributed by atoms with E-state index in [0.717, 1.165) is 12.1 Å². The molecule has 0 saturated carbocycles. The van der Waals surface area contributed by atoms with Crippen LogP contribution in [0.25, 0.3) is 11.0 Å². The molecule has 2 atom stereocenters. The molecule has 0 radical (unpaired) electrons. The fourth-order valence-electron chi connectivity index (χ4n) is 4.42. The number of nitriles is 1. The van der Waals surface area contributed by atoms with Crippen LogP contribution in [0.4, 0.5) is 4.39 Å². The number of nitrogens with zero attached hydrogens (tertiary/aromatic N) is 2. The molecule has 3 aromatic carbocycles. The van der Waals surface area contributed by atoms with Crippen LogP contribution in [0.2, 0.25) is 0 Å². The van der Waals surface area contributed by atoms with Crippen LogP contribution in [0.5, 0.6) is 0 Å². The van der Waals surface area contributed by atoms with Gasteiger partial charge < -0.3 is 4.98 Å². The summed E-state index contributed by atoms with van der Waals surface area (Å²) < 4.78 is 65.4. The first-order valence-electron chi connectivity index (χ1n) is 11.4. The highest BCUT2D eigenvalue weighted by atomic mass is 32.3. The maximum atomic E-state index is 13.8. The average Bonchev–Trinajstić information content (AvgIpc) is 3.42. The number of halogens is 1. The summed E-state index contributed by atoms with van der Waals surface area (Å²) in [6.45, 7) is 0. The highest BCUT2D eigenvalue weighted by Crippen LogP contribution is 2.56. The number of sulfonamides is 1. The summed E-state index contributed by atoms with van der Waals surface area (Å²) in [7, 11) is -7.63. The van der Waals surface area contributed by atoms with Crippen LogP contribution in [-0.4, -0.2) is 33.4 Å². The Bertz CT molecular complexity index is 1670. The van der Waals surface area contributed by atoms with Gasteiger partial charge in [-0.2, -0.15) is 5.26 Å². The number of benzene rings is 3. The molecule has 1 amide bonds. The second-order valence-corrected chi connectivity index (χ2v) is 12.5. The van der Waals surface area contributed by atoms with Crippen molar-refractivity contribution in [3.8, 4) is 6.07 Å². The minimum absolute atomic E-state index is 0.0570. The number of hydrogen-bond donors (Lipinski definition) is 5. The molecule has 0 spiro atoms. The van der Waals surface area contributed by atoms with Gasteiger partial charge in [0.2, 0.25) is 15.9 Å². The SMILES string of the molecule is N#Cc1cc(C[C@H](NS(=O)(=O)c2cccc(F)c2)c2nc3ccccc3[nH]2)ccc1C1CC(=O)NS1(O)O. The maximum Gasteiger partial charge on any atom is 0.241 e.